The van der Waals surface area contributed by atoms with E-state index >= 15 is 0 Å². The molecule has 9 atom stereocenters. The largest absolute Gasteiger partial charge is 0.377 e. The van der Waals surface area contributed by atoms with Crippen molar-refractivity contribution < 1.29 is 23.8 Å². The van der Waals surface area contributed by atoms with Crippen molar-refractivity contribution in [1.29, 1.82) is 0 Å². The highest BCUT2D eigenvalue weighted by Crippen LogP contribution is 2.75. The predicted octanol–water partition coefficient (Wildman–Crippen LogP) is 3.14. The molecule has 2 saturated heterocycles. The van der Waals surface area contributed by atoms with Crippen LogP contribution in [0.1, 0.15) is 60.3 Å². The van der Waals surface area contributed by atoms with Crippen LogP contribution < -0.4 is 0 Å². The van der Waals surface area contributed by atoms with E-state index in [1.54, 1.807) is 0 Å². The topological polar surface area (TPSA) is 61.8 Å². The number of hydrogen-bond donors (Lipinski definition) is 0. The summed E-state index contributed by atoms with van der Waals surface area (Å²) in [5, 5.41) is 0. The van der Waals surface area contributed by atoms with Crippen molar-refractivity contribution in [2.75, 3.05) is 6.61 Å². The second-order valence-corrected chi connectivity index (χ2v) is 11.6. The fourth-order valence-corrected chi connectivity index (χ4v) is 8.76. The minimum atomic E-state index is -0.710. The average Bonchev–Trinajstić information content (AvgIpc) is 3.06. The predicted molar refractivity (Wildman–Crippen MR) is 100 cm³/mol. The van der Waals surface area contributed by atoms with Crippen LogP contribution in [0.3, 0.4) is 0 Å². The molecule has 0 unspecified atom stereocenters. The van der Waals surface area contributed by atoms with Crippen LogP contribution >= 0.6 is 0 Å². The van der Waals surface area contributed by atoms with Crippen LogP contribution in [0.5, 0.6) is 0 Å². The summed E-state index contributed by atoms with van der Waals surface area (Å²) in [5.41, 5.74) is -1.21. The summed E-state index contributed by atoms with van der Waals surface area (Å²) in [7, 11) is 0. The number of hydrogen-bond acceptors (Lipinski definition) is 5. The van der Waals surface area contributed by atoms with Crippen LogP contribution in [0.15, 0.2) is 0 Å². The van der Waals surface area contributed by atoms with Crippen molar-refractivity contribution in [3.8, 4) is 0 Å². The zero-order valence-corrected chi connectivity index (χ0v) is 17.6. The molecule has 5 nitrogen and oxygen atoms in total. The molecule has 28 heavy (non-hydrogen) atoms. The molecule has 2 heterocycles. The smallest absolute Gasteiger partial charge is 0.163 e. The Balaban J connectivity index is 1.62. The van der Waals surface area contributed by atoms with E-state index in [0.717, 1.165) is 19.3 Å². The van der Waals surface area contributed by atoms with E-state index in [1.165, 1.54) is 0 Å². The number of rotatable bonds is 0. The van der Waals surface area contributed by atoms with Crippen LogP contribution in [0.2, 0.25) is 0 Å². The zero-order chi connectivity index (χ0) is 19.9. The zero-order valence-electron chi connectivity index (χ0n) is 17.6. The molecule has 5 heteroatoms. The lowest BCUT2D eigenvalue weighted by Gasteiger charge is -2.66. The fourth-order valence-electron chi connectivity index (χ4n) is 8.76. The van der Waals surface area contributed by atoms with E-state index in [-0.39, 0.29) is 53.2 Å². The minimum Gasteiger partial charge on any atom is -0.377 e. The number of ketones is 2. The molecule has 6 rings (SSSR count). The fraction of sp³-hybridized carbons (Fsp3) is 0.913. The summed E-state index contributed by atoms with van der Waals surface area (Å²) in [6, 6.07) is 0. The van der Waals surface area contributed by atoms with Gasteiger partial charge in [-0.05, 0) is 50.4 Å². The van der Waals surface area contributed by atoms with E-state index in [1.807, 2.05) is 13.8 Å². The van der Waals surface area contributed by atoms with Gasteiger partial charge in [0.1, 0.15) is 11.6 Å². The van der Waals surface area contributed by atoms with Gasteiger partial charge < -0.3 is 14.2 Å². The van der Waals surface area contributed by atoms with Gasteiger partial charge in [-0.25, -0.2) is 0 Å². The molecule has 0 amide bonds. The molecule has 6 fully saturated rings. The van der Waals surface area contributed by atoms with Crippen molar-refractivity contribution in [2.45, 2.75) is 84.4 Å². The first kappa shape index (κ1) is 18.0. The third-order valence-electron chi connectivity index (χ3n) is 9.72. The summed E-state index contributed by atoms with van der Waals surface area (Å²) >= 11 is 0. The van der Waals surface area contributed by atoms with Gasteiger partial charge in [0.05, 0.1) is 35.7 Å². The Kier molecular flexibility index (Phi) is 3.17. The molecule has 2 spiro atoms. The Morgan fingerprint density at radius 2 is 1.79 bits per heavy atom. The summed E-state index contributed by atoms with van der Waals surface area (Å²) in [6.07, 6.45) is 2.75. The first-order valence-electron chi connectivity index (χ1n) is 11.1. The second-order valence-electron chi connectivity index (χ2n) is 11.6. The Morgan fingerprint density at radius 3 is 2.54 bits per heavy atom. The van der Waals surface area contributed by atoms with E-state index in [4.69, 9.17) is 14.2 Å². The number of carbonyl (C=O) groups excluding carboxylic acids is 2. The Hall–Kier alpha value is -0.780. The molecule has 4 saturated carbocycles. The van der Waals surface area contributed by atoms with Gasteiger partial charge in [0.25, 0.3) is 0 Å². The molecule has 4 aliphatic carbocycles. The minimum absolute atomic E-state index is 0.0216. The molecule has 0 radical (unpaired) electrons. The molecule has 2 aliphatic heterocycles. The second kappa shape index (κ2) is 4.92. The van der Waals surface area contributed by atoms with Gasteiger partial charge in [-0.3, -0.25) is 9.59 Å². The van der Waals surface area contributed by atoms with Gasteiger partial charge in [-0.2, -0.15) is 0 Å². The lowest BCUT2D eigenvalue weighted by atomic mass is 9.39. The molecule has 0 aromatic rings. The molecule has 0 aromatic carbocycles. The van der Waals surface area contributed by atoms with E-state index < -0.39 is 16.6 Å². The van der Waals surface area contributed by atoms with Crippen LogP contribution in [0.25, 0.3) is 0 Å². The van der Waals surface area contributed by atoms with Gasteiger partial charge >= 0.3 is 0 Å². The Morgan fingerprint density at radius 1 is 1.04 bits per heavy atom. The molecule has 6 aliphatic rings. The van der Waals surface area contributed by atoms with Crippen molar-refractivity contribution in [3.05, 3.63) is 0 Å². The molecule has 0 aromatic heterocycles. The van der Waals surface area contributed by atoms with Crippen LogP contribution in [-0.4, -0.2) is 42.3 Å². The molecule has 2 bridgehead atoms. The van der Waals surface area contributed by atoms with Crippen LogP contribution in [0.4, 0.5) is 0 Å². The third-order valence-corrected chi connectivity index (χ3v) is 9.72. The SMILES string of the molecule is C[C@H]1C(=O)[C@@]23[C@@H]4OC(C)(C)O[C@@H]2C[C@@H]2C(C)(C)CCC(=O)[C@]25CO[C@@H](C[C@H]41)[C@@H]53. The van der Waals surface area contributed by atoms with E-state index in [9.17, 15) is 9.59 Å². The summed E-state index contributed by atoms with van der Waals surface area (Å²) < 4.78 is 19.5. The first-order chi connectivity index (χ1) is 13.1. The highest BCUT2D eigenvalue weighted by molar-refractivity contribution is 5.95. The van der Waals surface area contributed by atoms with Crippen LogP contribution in [-0.2, 0) is 23.8 Å². The number of carbonyl (C=O) groups is 2. The van der Waals surface area contributed by atoms with Crippen molar-refractivity contribution >= 4 is 11.6 Å². The van der Waals surface area contributed by atoms with Crippen LogP contribution in [0, 0.1) is 39.9 Å². The van der Waals surface area contributed by atoms with Gasteiger partial charge in [0.15, 0.2) is 5.79 Å². The van der Waals surface area contributed by atoms with Gasteiger partial charge in [0, 0.05) is 18.3 Å². The van der Waals surface area contributed by atoms with Crippen molar-refractivity contribution in [3.63, 3.8) is 0 Å². The Bertz CT molecular complexity index is 786. The standard InChI is InChI=1S/C23H32O5/c1-11-12-8-13-17-22(10-26-13)14(20(2,3)7-6-15(22)24)9-16-23(17,18(11)25)19(12)28-21(4,5)27-16/h11-14,16-17,19H,6-10H2,1-5H3/t11-,12+,13+,14-,16-,17+,19-,22+,23-/m1/s1. The maximum absolute atomic E-state index is 13.9. The van der Waals surface area contributed by atoms with Crippen molar-refractivity contribution in [1.82, 2.24) is 0 Å². The van der Waals surface area contributed by atoms with Gasteiger partial charge in [-0.15, -0.1) is 0 Å². The monoisotopic (exact) mass is 388 g/mol. The summed E-state index contributed by atoms with van der Waals surface area (Å²) in [5.74, 6) is 0.113. The lowest BCUT2D eigenvalue weighted by Crippen LogP contribution is -2.74. The van der Waals surface area contributed by atoms with Gasteiger partial charge in [0.2, 0.25) is 0 Å². The molecule has 0 N–H and O–H groups in total. The van der Waals surface area contributed by atoms with Crippen molar-refractivity contribution in [2.24, 2.45) is 39.9 Å². The molecular weight excluding hydrogens is 356 g/mol. The maximum atomic E-state index is 13.9. The highest BCUT2D eigenvalue weighted by Gasteiger charge is 2.83. The maximum Gasteiger partial charge on any atom is 0.163 e. The lowest BCUT2D eigenvalue weighted by molar-refractivity contribution is -0.376. The van der Waals surface area contributed by atoms with E-state index in [0.29, 0.717) is 18.8 Å². The summed E-state index contributed by atoms with van der Waals surface area (Å²) in [6.45, 7) is 11.1. The third kappa shape index (κ3) is 1.70. The molecular formula is C23H32O5. The normalized spacial score (nSPS) is 57.7. The Labute approximate surface area is 166 Å². The number of ether oxygens (including phenoxy) is 3. The highest BCUT2D eigenvalue weighted by atomic mass is 16.7. The average molecular weight is 389 g/mol. The first-order valence-corrected chi connectivity index (χ1v) is 11.1. The number of Topliss-reactive ketones (excluding diaryl/α,β-unsaturated/α-hetero) is 2. The molecule has 154 valence electrons. The summed E-state index contributed by atoms with van der Waals surface area (Å²) in [4.78, 5) is 27.5. The quantitative estimate of drug-likeness (QED) is 0.638. The van der Waals surface area contributed by atoms with Gasteiger partial charge in [-0.1, -0.05) is 20.8 Å². The van der Waals surface area contributed by atoms with E-state index in [2.05, 4.69) is 20.8 Å².